The number of hydrogen-bond acceptors (Lipinski definition) is 5. The minimum absolute atomic E-state index is 0.0589. The summed E-state index contributed by atoms with van der Waals surface area (Å²) in [5.41, 5.74) is 1.69. The minimum atomic E-state index is -3.75. The van der Waals surface area contributed by atoms with Crippen molar-refractivity contribution in [2.75, 3.05) is 38.1 Å². The Hall–Kier alpha value is -2.58. The summed E-state index contributed by atoms with van der Waals surface area (Å²) in [6.07, 6.45) is 1.96. The number of carbonyl (C=O) groups is 1. The molecule has 1 atom stereocenters. The van der Waals surface area contributed by atoms with E-state index in [9.17, 15) is 13.2 Å². The predicted octanol–water partition coefficient (Wildman–Crippen LogP) is 3.04. The largest absolute Gasteiger partial charge is 0.496 e. The van der Waals surface area contributed by atoms with Crippen LogP contribution in [0, 0.1) is 6.92 Å². The summed E-state index contributed by atoms with van der Waals surface area (Å²) >= 11 is 0. The second kappa shape index (κ2) is 9.70. The van der Waals surface area contributed by atoms with E-state index in [-0.39, 0.29) is 16.8 Å². The lowest BCUT2D eigenvalue weighted by Crippen LogP contribution is -2.47. The molecule has 1 aliphatic rings. The van der Waals surface area contributed by atoms with Gasteiger partial charge in [0.25, 0.3) is 15.9 Å². The third-order valence-electron chi connectivity index (χ3n) is 5.76. The average Bonchev–Trinajstić information content (AvgIpc) is 2.78. The SMILES string of the molecule is CCN1CCCC(NC(=O)c2cc(N(C)S(=O)(=O)c3ccc(C)cc3)ccc2OC)C1. The molecule has 31 heavy (non-hydrogen) atoms. The van der Waals surface area contributed by atoms with Crippen molar-refractivity contribution in [1.29, 1.82) is 0 Å². The summed E-state index contributed by atoms with van der Waals surface area (Å²) in [5, 5.41) is 3.09. The van der Waals surface area contributed by atoms with Crippen LogP contribution in [0.2, 0.25) is 0 Å². The third-order valence-corrected chi connectivity index (χ3v) is 7.56. The van der Waals surface area contributed by atoms with Crippen molar-refractivity contribution in [1.82, 2.24) is 10.2 Å². The van der Waals surface area contributed by atoms with E-state index < -0.39 is 10.0 Å². The maximum absolute atomic E-state index is 13.1. The fourth-order valence-corrected chi connectivity index (χ4v) is 4.99. The molecule has 2 aromatic rings. The van der Waals surface area contributed by atoms with Gasteiger partial charge in [0.05, 0.1) is 23.3 Å². The highest BCUT2D eigenvalue weighted by Crippen LogP contribution is 2.28. The highest BCUT2D eigenvalue weighted by molar-refractivity contribution is 7.92. The standard InChI is InChI=1S/C23H31N3O4S/c1-5-26-14-6-7-18(16-26)24-23(27)21-15-19(10-13-22(21)30-4)25(3)31(28,29)20-11-8-17(2)9-12-20/h8-13,15,18H,5-7,14,16H2,1-4H3,(H,24,27). The molecule has 1 saturated heterocycles. The number of likely N-dealkylation sites (N-methyl/N-ethyl adjacent to an activating group) is 1. The monoisotopic (exact) mass is 445 g/mol. The number of sulfonamides is 1. The van der Waals surface area contributed by atoms with E-state index in [4.69, 9.17) is 4.74 Å². The number of rotatable bonds is 7. The highest BCUT2D eigenvalue weighted by atomic mass is 32.2. The van der Waals surface area contributed by atoms with Crippen LogP contribution >= 0.6 is 0 Å². The van der Waals surface area contributed by atoms with Crippen LogP contribution < -0.4 is 14.4 Å². The molecule has 0 saturated carbocycles. The Morgan fingerprint density at radius 3 is 2.58 bits per heavy atom. The van der Waals surface area contributed by atoms with Gasteiger partial charge in [-0.25, -0.2) is 8.42 Å². The first kappa shape index (κ1) is 23.1. The van der Waals surface area contributed by atoms with Crippen molar-refractivity contribution < 1.29 is 17.9 Å². The van der Waals surface area contributed by atoms with Crippen LogP contribution in [0.25, 0.3) is 0 Å². The molecule has 1 aliphatic heterocycles. The molecule has 0 aromatic heterocycles. The van der Waals surface area contributed by atoms with E-state index >= 15 is 0 Å². The lowest BCUT2D eigenvalue weighted by Gasteiger charge is -2.32. The summed E-state index contributed by atoms with van der Waals surface area (Å²) in [6.45, 7) is 6.82. The molecular weight excluding hydrogens is 414 g/mol. The highest BCUT2D eigenvalue weighted by Gasteiger charge is 2.25. The molecule has 1 fully saturated rings. The second-order valence-corrected chi connectivity index (χ2v) is 9.85. The van der Waals surface area contributed by atoms with Gasteiger partial charge in [0, 0.05) is 19.6 Å². The van der Waals surface area contributed by atoms with Gasteiger partial charge >= 0.3 is 0 Å². The van der Waals surface area contributed by atoms with E-state index in [1.807, 2.05) is 6.92 Å². The Morgan fingerprint density at radius 1 is 1.23 bits per heavy atom. The van der Waals surface area contributed by atoms with Crippen LogP contribution in [0.15, 0.2) is 47.4 Å². The number of amides is 1. The number of hydrogen-bond donors (Lipinski definition) is 1. The van der Waals surface area contributed by atoms with Gasteiger partial charge in [-0.2, -0.15) is 0 Å². The third kappa shape index (κ3) is 5.19. The zero-order valence-corrected chi connectivity index (χ0v) is 19.4. The van der Waals surface area contributed by atoms with Crippen LogP contribution in [0.1, 0.15) is 35.7 Å². The molecule has 1 heterocycles. The number of aryl methyl sites for hydroxylation is 1. The van der Waals surface area contributed by atoms with Gasteiger partial charge in [0.2, 0.25) is 0 Å². The number of benzene rings is 2. The van der Waals surface area contributed by atoms with Gasteiger partial charge in [0.15, 0.2) is 0 Å². The maximum Gasteiger partial charge on any atom is 0.264 e. The lowest BCUT2D eigenvalue weighted by molar-refractivity contribution is 0.0903. The molecule has 7 nitrogen and oxygen atoms in total. The normalized spacial score (nSPS) is 17.2. The first-order valence-electron chi connectivity index (χ1n) is 10.5. The smallest absolute Gasteiger partial charge is 0.264 e. The van der Waals surface area contributed by atoms with Gasteiger partial charge in [-0.15, -0.1) is 0 Å². The fourth-order valence-electron chi connectivity index (χ4n) is 3.80. The van der Waals surface area contributed by atoms with E-state index in [1.54, 1.807) is 42.5 Å². The van der Waals surface area contributed by atoms with E-state index in [0.29, 0.717) is 17.0 Å². The molecule has 0 aliphatic carbocycles. The molecular formula is C23H31N3O4S. The number of piperidine rings is 1. The van der Waals surface area contributed by atoms with Gasteiger partial charge in [-0.3, -0.25) is 9.10 Å². The summed E-state index contributed by atoms with van der Waals surface area (Å²) in [4.78, 5) is 15.5. The quantitative estimate of drug-likeness (QED) is 0.709. The van der Waals surface area contributed by atoms with E-state index in [0.717, 1.165) is 38.0 Å². The second-order valence-electron chi connectivity index (χ2n) is 7.88. The van der Waals surface area contributed by atoms with Gasteiger partial charge in [0.1, 0.15) is 5.75 Å². The van der Waals surface area contributed by atoms with Crippen LogP contribution in [-0.2, 0) is 10.0 Å². The van der Waals surface area contributed by atoms with Crippen LogP contribution in [-0.4, -0.2) is 59.1 Å². The molecule has 0 bridgehead atoms. The zero-order chi connectivity index (χ0) is 22.6. The first-order chi connectivity index (χ1) is 14.8. The Kier molecular flexibility index (Phi) is 7.23. The topological polar surface area (TPSA) is 79.0 Å². The van der Waals surface area contributed by atoms with Crippen LogP contribution in [0.4, 0.5) is 5.69 Å². The van der Waals surface area contributed by atoms with Gasteiger partial charge < -0.3 is 15.0 Å². The predicted molar refractivity (Wildman–Crippen MR) is 122 cm³/mol. The number of carbonyl (C=O) groups excluding carboxylic acids is 1. The van der Waals surface area contributed by atoms with Gasteiger partial charge in [-0.05, 0) is 63.2 Å². The van der Waals surface area contributed by atoms with E-state index in [2.05, 4.69) is 17.1 Å². The van der Waals surface area contributed by atoms with Crippen molar-refractivity contribution >= 4 is 21.6 Å². The van der Waals surface area contributed by atoms with E-state index in [1.165, 1.54) is 18.5 Å². The Bertz CT molecular complexity index is 1020. The Labute approximate surface area is 185 Å². The average molecular weight is 446 g/mol. The Morgan fingerprint density at radius 2 is 1.94 bits per heavy atom. The molecule has 8 heteroatoms. The Balaban J connectivity index is 1.85. The van der Waals surface area contributed by atoms with Crippen molar-refractivity contribution in [2.45, 2.75) is 37.6 Å². The van der Waals surface area contributed by atoms with Crippen molar-refractivity contribution in [2.24, 2.45) is 0 Å². The van der Waals surface area contributed by atoms with Crippen LogP contribution in [0.5, 0.6) is 5.75 Å². The molecule has 0 radical (unpaired) electrons. The minimum Gasteiger partial charge on any atom is -0.496 e. The molecule has 2 aromatic carbocycles. The zero-order valence-electron chi connectivity index (χ0n) is 18.6. The molecule has 1 N–H and O–H groups in total. The van der Waals surface area contributed by atoms with Crippen molar-refractivity contribution in [3.63, 3.8) is 0 Å². The van der Waals surface area contributed by atoms with Crippen LogP contribution in [0.3, 0.4) is 0 Å². The number of ether oxygens (including phenoxy) is 1. The number of anilines is 1. The molecule has 1 unspecified atom stereocenters. The fraction of sp³-hybridized carbons (Fsp3) is 0.435. The molecule has 1 amide bonds. The number of likely N-dealkylation sites (tertiary alicyclic amines) is 1. The maximum atomic E-state index is 13.1. The summed E-state index contributed by atoms with van der Waals surface area (Å²) in [7, 11) is -0.772. The molecule has 3 rings (SSSR count). The van der Waals surface area contributed by atoms with Crippen molar-refractivity contribution in [3.05, 3.63) is 53.6 Å². The summed E-state index contributed by atoms with van der Waals surface area (Å²) < 4.78 is 32.7. The summed E-state index contributed by atoms with van der Waals surface area (Å²) in [6, 6.07) is 11.6. The lowest BCUT2D eigenvalue weighted by atomic mass is 10.0. The number of nitrogens with one attached hydrogen (secondary N) is 1. The first-order valence-corrected chi connectivity index (χ1v) is 12.0. The molecule has 0 spiro atoms. The summed E-state index contributed by atoms with van der Waals surface area (Å²) in [5.74, 6) is 0.147. The number of nitrogens with zero attached hydrogens (tertiary/aromatic N) is 2. The van der Waals surface area contributed by atoms with Crippen molar-refractivity contribution in [3.8, 4) is 5.75 Å². The number of methoxy groups -OCH3 is 1. The molecule has 168 valence electrons. The van der Waals surface area contributed by atoms with Gasteiger partial charge in [-0.1, -0.05) is 24.6 Å².